The van der Waals surface area contributed by atoms with Crippen LogP contribution in [0.4, 0.5) is 0 Å². The van der Waals surface area contributed by atoms with Crippen LogP contribution >= 0.6 is 11.3 Å². The molecule has 0 amide bonds. The van der Waals surface area contributed by atoms with Crippen molar-refractivity contribution < 1.29 is 8.83 Å². The lowest BCUT2D eigenvalue weighted by atomic mass is 10.1. The van der Waals surface area contributed by atoms with Crippen LogP contribution in [0.5, 0.6) is 0 Å². The lowest BCUT2D eigenvalue weighted by Gasteiger charge is -2.10. The van der Waals surface area contributed by atoms with Crippen LogP contribution in [0.1, 0.15) is 0 Å². The average molecular weight is 608 g/mol. The lowest BCUT2D eigenvalue weighted by molar-refractivity contribution is 0.662. The smallest absolute Gasteiger partial charge is 0.236 e. The zero-order valence-corrected chi connectivity index (χ0v) is 25.0. The van der Waals surface area contributed by atoms with Gasteiger partial charge in [0.25, 0.3) is 0 Å². The Hall–Kier alpha value is -5.98. The van der Waals surface area contributed by atoms with Gasteiger partial charge in [0.05, 0.1) is 15.7 Å². The van der Waals surface area contributed by atoms with E-state index in [4.69, 9.17) is 18.8 Å². The lowest BCUT2D eigenvalue weighted by Crippen LogP contribution is -2.03. The maximum Gasteiger partial charge on any atom is 0.236 e. The molecular weight excluding hydrogens is 587 g/mol. The van der Waals surface area contributed by atoms with Crippen LogP contribution in [0.15, 0.2) is 136 Å². The summed E-state index contributed by atoms with van der Waals surface area (Å²) in [5.74, 6) is 0.596. The van der Waals surface area contributed by atoms with E-state index in [0.717, 1.165) is 55.0 Å². The molecule has 0 unspecified atom stereocenters. The second-order valence-electron chi connectivity index (χ2n) is 11.7. The number of hydrogen-bond acceptors (Lipinski definition) is 5. The van der Waals surface area contributed by atoms with Crippen molar-refractivity contribution in [2.24, 2.45) is 0 Å². The fourth-order valence-corrected chi connectivity index (χ4v) is 8.47. The summed E-state index contributed by atoms with van der Waals surface area (Å²) in [6.45, 7) is 0. The highest BCUT2D eigenvalue weighted by Gasteiger charge is 2.24. The van der Waals surface area contributed by atoms with E-state index in [0.29, 0.717) is 17.2 Å². The van der Waals surface area contributed by atoms with E-state index in [9.17, 15) is 0 Å². The van der Waals surface area contributed by atoms with Crippen LogP contribution in [0.25, 0.3) is 103 Å². The van der Waals surface area contributed by atoms with Crippen molar-refractivity contribution in [3.05, 3.63) is 127 Å². The molecule has 0 fully saturated rings. The first-order valence-electron chi connectivity index (χ1n) is 15.3. The quantitative estimate of drug-likeness (QED) is 0.196. The monoisotopic (exact) mass is 607 g/mol. The van der Waals surface area contributed by atoms with Crippen LogP contribution in [0, 0.1) is 0 Å². The fraction of sp³-hybridized carbons (Fsp3) is 0. The van der Waals surface area contributed by atoms with Crippen LogP contribution in [-0.2, 0) is 0 Å². The number of nitrogens with zero attached hydrogens (tertiary/aromatic N) is 3. The van der Waals surface area contributed by atoms with E-state index in [1.54, 1.807) is 0 Å². The Morgan fingerprint density at radius 2 is 1.17 bits per heavy atom. The van der Waals surface area contributed by atoms with Crippen molar-refractivity contribution in [2.75, 3.05) is 0 Å². The van der Waals surface area contributed by atoms with Gasteiger partial charge < -0.3 is 8.83 Å². The Morgan fingerprint density at radius 1 is 0.500 bits per heavy atom. The number of rotatable bonds is 2. The molecule has 0 N–H and O–H groups in total. The van der Waals surface area contributed by atoms with Crippen molar-refractivity contribution >= 4 is 97.3 Å². The summed E-state index contributed by atoms with van der Waals surface area (Å²) in [4.78, 5) is 10.7. The normalized spacial score (nSPS) is 12.3. The SMILES string of the molecule is c1ccc2c(c1)oc1c(-c3nc(-n4c5ccccc5c5ccc6c7ccccc7sc6c54)nc4c3oc3ccccc34)cccc12. The molecule has 0 saturated heterocycles. The summed E-state index contributed by atoms with van der Waals surface area (Å²) in [7, 11) is 0. The zero-order valence-electron chi connectivity index (χ0n) is 24.2. The molecule has 0 saturated carbocycles. The third kappa shape index (κ3) is 3.13. The number of aromatic nitrogens is 3. The van der Waals surface area contributed by atoms with E-state index >= 15 is 0 Å². The Bertz CT molecular complexity index is 3050. The molecule has 0 aliphatic heterocycles. The molecule has 0 spiro atoms. The minimum Gasteiger partial charge on any atom is -0.455 e. The summed E-state index contributed by atoms with van der Waals surface area (Å²) in [5.41, 5.74) is 7.56. The third-order valence-electron chi connectivity index (χ3n) is 9.25. The second kappa shape index (κ2) is 8.81. The van der Waals surface area contributed by atoms with Gasteiger partial charge in [-0.05, 0) is 36.4 Å². The van der Waals surface area contributed by atoms with Crippen molar-refractivity contribution in [3.63, 3.8) is 0 Å². The number of furan rings is 2. The van der Waals surface area contributed by atoms with E-state index in [1.807, 2.05) is 47.7 Å². The molecule has 0 aliphatic carbocycles. The molecule has 0 aliphatic rings. The van der Waals surface area contributed by atoms with E-state index in [-0.39, 0.29) is 0 Å². The number of hydrogen-bond donors (Lipinski definition) is 0. The number of para-hydroxylation sites is 4. The molecule has 0 radical (unpaired) electrons. The third-order valence-corrected chi connectivity index (χ3v) is 10.4. The number of fused-ring (bicyclic) bond motifs is 13. The molecular formula is C40H21N3O2S. The van der Waals surface area contributed by atoms with Gasteiger partial charge in [0.1, 0.15) is 28.0 Å². The molecule has 46 heavy (non-hydrogen) atoms. The standard InChI is InChI=1S/C40H21N3O2S/c1-5-16-30-22(10-1)25-20-21-27-24-12-4-8-19-33(24)46-39(27)36(25)43(30)40-41-34-28-13-3-7-18-32(28)45-38(34)35(42-40)29-15-9-14-26-23-11-2-6-17-31(23)44-37(26)29/h1-21H. The molecule has 6 heteroatoms. The summed E-state index contributed by atoms with van der Waals surface area (Å²) in [5, 5.41) is 7.90. The number of benzene rings is 6. The average Bonchev–Trinajstić information content (AvgIpc) is 3.86. The minimum atomic E-state index is 0.596. The van der Waals surface area contributed by atoms with E-state index in [1.165, 1.54) is 30.9 Å². The fourth-order valence-electron chi connectivity index (χ4n) is 7.23. The highest BCUT2D eigenvalue weighted by atomic mass is 32.1. The van der Waals surface area contributed by atoms with Crippen LogP contribution in [0.3, 0.4) is 0 Å². The van der Waals surface area contributed by atoms with Gasteiger partial charge in [0, 0.05) is 48.0 Å². The Morgan fingerprint density at radius 3 is 2.07 bits per heavy atom. The molecule has 5 heterocycles. The molecule has 11 rings (SSSR count). The Labute approximate surface area is 264 Å². The van der Waals surface area contributed by atoms with Crippen molar-refractivity contribution in [2.45, 2.75) is 0 Å². The minimum absolute atomic E-state index is 0.596. The van der Waals surface area contributed by atoms with Crippen molar-refractivity contribution in [3.8, 4) is 17.2 Å². The predicted molar refractivity (Wildman–Crippen MR) is 189 cm³/mol. The maximum absolute atomic E-state index is 6.54. The molecule has 0 bridgehead atoms. The Balaban J connectivity index is 1.33. The first-order valence-corrected chi connectivity index (χ1v) is 16.1. The molecule has 0 atom stereocenters. The predicted octanol–water partition coefficient (Wildman–Crippen LogP) is 11.4. The zero-order chi connectivity index (χ0) is 29.9. The van der Waals surface area contributed by atoms with Crippen LogP contribution in [0.2, 0.25) is 0 Å². The van der Waals surface area contributed by atoms with Gasteiger partial charge in [-0.1, -0.05) is 91.0 Å². The molecule has 5 nitrogen and oxygen atoms in total. The van der Waals surface area contributed by atoms with Gasteiger partial charge in [0.2, 0.25) is 5.95 Å². The van der Waals surface area contributed by atoms with Crippen LogP contribution < -0.4 is 0 Å². The maximum atomic E-state index is 6.54. The summed E-state index contributed by atoms with van der Waals surface area (Å²) < 4.78 is 17.8. The van der Waals surface area contributed by atoms with Gasteiger partial charge in [0.15, 0.2) is 5.58 Å². The van der Waals surface area contributed by atoms with Crippen LogP contribution in [-0.4, -0.2) is 14.5 Å². The van der Waals surface area contributed by atoms with E-state index in [2.05, 4.69) is 95.6 Å². The van der Waals surface area contributed by atoms with E-state index < -0.39 is 0 Å². The van der Waals surface area contributed by atoms with Crippen molar-refractivity contribution in [1.82, 2.24) is 14.5 Å². The summed E-state index contributed by atoms with van der Waals surface area (Å²) in [6, 6.07) is 44.1. The largest absolute Gasteiger partial charge is 0.455 e. The summed E-state index contributed by atoms with van der Waals surface area (Å²) in [6.07, 6.45) is 0. The Kier molecular flexibility index (Phi) is 4.66. The molecule has 11 aromatic rings. The van der Waals surface area contributed by atoms with Gasteiger partial charge in [-0.15, -0.1) is 11.3 Å². The molecule has 6 aromatic carbocycles. The number of thiophene rings is 1. The highest BCUT2D eigenvalue weighted by molar-refractivity contribution is 7.26. The first-order chi connectivity index (χ1) is 22.8. The van der Waals surface area contributed by atoms with Gasteiger partial charge >= 0.3 is 0 Å². The topological polar surface area (TPSA) is 57.0 Å². The molecule has 5 aromatic heterocycles. The summed E-state index contributed by atoms with van der Waals surface area (Å²) >= 11 is 1.82. The van der Waals surface area contributed by atoms with Gasteiger partial charge in [-0.2, -0.15) is 0 Å². The first kappa shape index (κ1) is 24.4. The molecule has 214 valence electrons. The second-order valence-corrected chi connectivity index (χ2v) is 12.8. The van der Waals surface area contributed by atoms with Crippen molar-refractivity contribution in [1.29, 1.82) is 0 Å². The highest BCUT2D eigenvalue weighted by Crippen LogP contribution is 2.44. The van der Waals surface area contributed by atoms with Gasteiger partial charge in [-0.3, -0.25) is 4.57 Å². The van der Waals surface area contributed by atoms with Gasteiger partial charge in [-0.25, -0.2) is 9.97 Å².